The molecule has 0 aliphatic rings. The van der Waals surface area contributed by atoms with Crippen molar-refractivity contribution in [2.75, 3.05) is 11.9 Å². The van der Waals surface area contributed by atoms with Gasteiger partial charge >= 0.3 is 0 Å². The van der Waals surface area contributed by atoms with Crippen LogP contribution in [0.4, 0.5) is 10.1 Å². The molecule has 1 aromatic carbocycles. The monoisotopic (exact) mass is 272 g/mol. The molecule has 2 rings (SSSR count). The second-order valence-electron chi connectivity index (χ2n) is 4.06. The molecule has 0 bridgehead atoms. The summed E-state index contributed by atoms with van der Waals surface area (Å²) in [6, 6.07) is 4.17. The van der Waals surface area contributed by atoms with Crippen molar-refractivity contribution in [1.29, 1.82) is 0 Å². The summed E-state index contributed by atoms with van der Waals surface area (Å²) in [6.07, 6.45) is 3.10. The third kappa shape index (κ3) is 3.22. The Hall–Kier alpha value is -2.65. The van der Waals surface area contributed by atoms with Crippen molar-refractivity contribution in [2.45, 2.75) is 0 Å². The van der Waals surface area contributed by atoms with Gasteiger partial charge in [0, 0.05) is 18.8 Å². The molecular weight excluding hydrogens is 259 g/mol. The number of hydrogen-bond acceptors (Lipinski definition) is 3. The lowest BCUT2D eigenvalue weighted by Gasteiger charge is -2.04. The second kappa shape index (κ2) is 5.99. The van der Waals surface area contributed by atoms with E-state index in [0.717, 1.165) is 0 Å². The summed E-state index contributed by atoms with van der Waals surface area (Å²) in [5.41, 5.74) is 6.17. The number of aromatic nitrogens is 2. The van der Waals surface area contributed by atoms with Crippen molar-refractivity contribution in [1.82, 2.24) is 9.78 Å². The Labute approximate surface area is 115 Å². The quantitative estimate of drug-likeness (QED) is 0.805. The first kappa shape index (κ1) is 13.8. The van der Waals surface area contributed by atoms with Crippen LogP contribution in [0.15, 0.2) is 30.6 Å². The zero-order valence-corrected chi connectivity index (χ0v) is 10.9. The van der Waals surface area contributed by atoms with Crippen LogP contribution in [0.3, 0.4) is 0 Å². The topological polar surface area (TPSA) is 72.9 Å². The third-order valence-electron chi connectivity index (χ3n) is 2.51. The van der Waals surface area contributed by atoms with Gasteiger partial charge in [0.2, 0.25) is 0 Å². The summed E-state index contributed by atoms with van der Waals surface area (Å²) in [5.74, 6) is 4.16. The van der Waals surface area contributed by atoms with Gasteiger partial charge in [0.15, 0.2) is 0 Å². The van der Waals surface area contributed by atoms with Gasteiger partial charge < -0.3 is 11.1 Å². The normalized spacial score (nSPS) is 9.75. The van der Waals surface area contributed by atoms with E-state index in [9.17, 15) is 9.18 Å². The van der Waals surface area contributed by atoms with Crippen molar-refractivity contribution in [3.8, 4) is 11.8 Å². The van der Waals surface area contributed by atoms with Crippen LogP contribution < -0.4 is 11.1 Å². The van der Waals surface area contributed by atoms with Gasteiger partial charge in [0.1, 0.15) is 5.82 Å². The van der Waals surface area contributed by atoms with Crippen molar-refractivity contribution >= 4 is 11.6 Å². The average molecular weight is 272 g/mol. The maximum absolute atomic E-state index is 13.9. The van der Waals surface area contributed by atoms with Gasteiger partial charge in [-0.2, -0.15) is 5.10 Å². The van der Waals surface area contributed by atoms with Crippen LogP contribution in [0.25, 0.3) is 0 Å². The minimum atomic E-state index is -0.629. The van der Waals surface area contributed by atoms with Crippen molar-refractivity contribution < 1.29 is 9.18 Å². The van der Waals surface area contributed by atoms with Gasteiger partial charge in [-0.05, 0) is 18.2 Å². The van der Waals surface area contributed by atoms with Gasteiger partial charge in [0.25, 0.3) is 5.91 Å². The Morgan fingerprint density at radius 2 is 2.35 bits per heavy atom. The fourth-order valence-corrected chi connectivity index (χ4v) is 1.61. The standard InChI is InChI=1S/C14H13FN4O/c1-19-9-11(8-17-19)18-14(20)12-5-4-10(3-2-6-16)7-13(12)15/h4-5,7-9H,6,16H2,1H3,(H,18,20). The predicted octanol–water partition coefficient (Wildman–Crippen LogP) is 1.12. The van der Waals surface area contributed by atoms with Crippen LogP contribution in [0.1, 0.15) is 15.9 Å². The molecule has 2 aromatic rings. The molecule has 0 unspecified atom stereocenters. The van der Waals surface area contributed by atoms with E-state index in [-0.39, 0.29) is 12.1 Å². The Morgan fingerprint density at radius 1 is 1.55 bits per heavy atom. The minimum Gasteiger partial charge on any atom is -0.320 e. The summed E-state index contributed by atoms with van der Waals surface area (Å²) in [7, 11) is 1.72. The molecule has 0 saturated heterocycles. The molecule has 20 heavy (non-hydrogen) atoms. The molecule has 0 saturated carbocycles. The van der Waals surface area contributed by atoms with E-state index in [2.05, 4.69) is 22.3 Å². The van der Waals surface area contributed by atoms with Gasteiger partial charge in [-0.15, -0.1) is 0 Å². The smallest absolute Gasteiger partial charge is 0.258 e. The predicted molar refractivity (Wildman–Crippen MR) is 73.5 cm³/mol. The average Bonchev–Trinajstić information content (AvgIpc) is 2.81. The van der Waals surface area contributed by atoms with Gasteiger partial charge in [0.05, 0.1) is 24.0 Å². The summed E-state index contributed by atoms with van der Waals surface area (Å²) in [4.78, 5) is 11.9. The summed E-state index contributed by atoms with van der Waals surface area (Å²) in [5, 5.41) is 6.48. The van der Waals surface area contributed by atoms with E-state index in [1.165, 1.54) is 23.0 Å². The lowest BCUT2D eigenvalue weighted by molar-refractivity contribution is 0.102. The van der Waals surface area contributed by atoms with Crippen LogP contribution in [-0.2, 0) is 7.05 Å². The molecule has 102 valence electrons. The molecule has 3 N–H and O–H groups in total. The number of carbonyl (C=O) groups is 1. The lowest BCUT2D eigenvalue weighted by Crippen LogP contribution is -2.13. The molecule has 0 aliphatic heterocycles. The number of amides is 1. The number of nitrogens with zero attached hydrogens (tertiary/aromatic N) is 2. The van der Waals surface area contributed by atoms with Crippen LogP contribution >= 0.6 is 0 Å². The van der Waals surface area contributed by atoms with Gasteiger partial charge in [-0.25, -0.2) is 4.39 Å². The van der Waals surface area contributed by atoms with Crippen molar-refractivity contribution in [3.05, 3.63) is 47.5 Å². The zero-order chi connectivity index (χ0) is 14.5. The van der Waals surface area contributed by atoms with E-state index in [0.29, 0.717) is 11.3 Å². The molecule has 0 atom stereocenters. The maximum atomic E-state index is 13.9. The lowest BCUT2D eigenvalue weighted by atomic mass is 10.1. The number of aryl methyl sites for hydroxylation is 1. The van der Waals surface area contributed by atoms with E-state index < -0.39 is 11.7 Å². The van der Waals surface area contributed by atoms with E-state index in [4.69, 9.17) is 5.73 Å². The van der Waals surface area contributed by atoms with Crippen LogP contribution in [0, 0.1) is 17.7 Å². The number of hydrogen-bond donors (Lipinski definition) is 2. The Kier molecular flexibility index (Phi) is 4.13. The molecule has 1 amide bonds. The van der Waals surface area contributed by atoms with Crippen molar-refractivity contribution in [3.63, 3.8) is 0 Å². The molecule has 0 radical (unpaired) electrons. The minimum absolute atomic E-state index is 0.0489. The summed E-state index contributed by atoms with van der Waals surface area (Å²) >= 11 is 0. The van der Waals surface area contributed by atoms with Crippen molar-refractivity contribution in [2.24, 2.45) is 12.8 Å². The fourth-order valence-electron chi connectivity index (χ4n) is 1.61. The molecule has 5 nitrogen and oxygen atoms in total. The summed E-state index contributed by atoms with van der Waals surface area (Å²) < 4.78 is 15.4. The highest BCUT2D eigenvalue weighted by Crippen LogP contribution is 2.13. The van der Waals surface area contributed by atoms with Crippen LogP contribution in [-0.4, -0.2) is 22.2 Å². The van der Waals surface area contributed by atoms with Gasteiger partial charge in [-0.3, -0.25) is 9.48 Å². The number of nitrogens with two attached hydrogens (primary N) is 1. The fraction of sp³-hybridized carbons (Fsp3) is 0.143. The molecule has 1 aromatic heterocycles. The number of halogens is 1. The number of benzene rings is 1. The Morgan fingerprint density at radius 3 is 2.95 bits per heavy atom. The van der Waals surface area contributed by atoms with E-state index >= 15 is 0 Å². The number of rotatable bonds is 2. The van der Waals surface area contributed by atoms with Crippen LogP contribution in [0.2, 0.25) is 0 Å². The molecule has 1 heterocycles. The first-order valence-corrected chi connectivity index (χ1v) is 5.88. The van der Waals surface area contributed by atoms with Gasteiger partial charge in [-0.1, -0.05) is 11.8 Å². The zero-order valence-electron chi connectivity index (χ0n) is 10.9. The first-order valence-electron chi connectivity index (χ1n) is 5.88. The molecule has 6 heteroatoms. The molecule has 0 spiro atoms. The number of carbonyl (C=O) groups excluding carboxylic acids is 1. The molecule has 0 fully saturated rings. The maximum Gasteiger partial charge on any atom is 0.258 e. The highest BCUT2D eigenvalue weighted by Gasteiger charge is 2.12. The highest BCUT2D eigenvalue weighted by molar-refractivity contribution is 6.04. The second-order valence-corrected chi connectivity index (χ2v) is 4.06. The molecular formula is C14H13FN4O. The number of anilines is 1. The highest BCUT2D eigenvalue weighted by atomic mass is 19.1. The SMILES string of the molecule is Cn1cc(NC(=O)c2ccc(C#CCN)cc2F)cn1. The summed E-state index contributed by atoms with van der Waals surface area (Å²) in [6.45, 7) is 0.199. The largest absolute Gasteiger partial charge is 0.320 e. The first-order chi connectivity index (χ1) is 9.60. The Balaban J connectivity index is 2.18. The van der Waals surface area contributed by atoms with E-state index in [1.54, 1.807) is 19.3 Å². The third-order valence-corrected chi connectivity index (χ3v) is 2.51. The molecule has 0 aliphatic carbocycles. The Bertz CT molecular complexity index is 697. The van der Waals surface area contributed by atoms with Crippen LogP contribution in [0.5, 0.6) is 0 Å². The number of nitrogens with one attached hydrogen (secondary N) is 1. The van der Waals surface area contributed by atoms with E-state index in [1.807, 2.05) is 0 Å².